The number of anilines is 2. The van der Waals surface area contributed by atoms with Gasteiger partial charge in [0.05, 0.1) is 17.0 Å². The Kier molecular flexibility index (Phi) is 7.52. The molecule has 0 saturated carbocycles. The quantitative estimate of drug-likeness (QED) is 0.605. The van der Waals surface area contributed by atoms with Gasteiger partial charge in [-0.05, 0) is 55.2 Å². The van der Waals surface area contributed by atoms with Crippen molar-refractivity contribution in [2.45, 2.75) is 39.8 Å². The van der Waals surface area contributed by atoms with Gasteiger partial charge in [-0.25, -0.2) is 8.42 Å². The molecule has 0 aliphatic heterocycles. The predicted octanol–water partition coefficient (Wildman–Crippen LogP) is 4.98. The molecular formula is C21H25F3N2O3S. The normalized spacial score (nSPS) is 13.0. The summed E-state index contributed by atoms with van der Waals surface area (Å²) in [5, 5.41) is 2.77. The SMILES string of the molecule is CCCS(=O)(=O)Nc1cccc(NC(=O)C(C)Cc2ccc(C(F)(F)F)cc2)c1C. The Labute approximate surface area is 174 Å². The van der Waals surface area contributed by atoms with Gasteiger partial charge in [-0.15, -0.1) is 0 Å². The second kappa shape index (κ2) is 9.51. The maximum absolute atomic E-state index is 12.7. The fraction of sp³-hybridized carbons (Fsp3) is 0.381. The number of benzene rings is 2. The molecule has 9 heteroatoms. The van der Waals surface area contributed by atoms with Gasteiger partial charge in [0.25, 0.3) is 0 Å². The molecular weight excluding hydrogens is 417 g/mol. The van der Waals surface area contributed by atoms with E-state index in [1.54, 1.807) is 39.0 Å². The summed E-state index contributed by atoms with van der Waals surface area (Å²) >= 11 is 0. The number of nitrogens with one attached hydrogen (secondary N) is 2. The molecule has 0 aliphatic carbocycles. The zero-order valence-corrected chi connectivity index (χ0v) is 17.8. The molecule has 5 nitrogen and oxygen atoms in total. The third-order valence-corrected chi connectivity index (χ3v) is 6.08. The first-order valence-corrected chi connectivity index (χ1v) is 11.1. The Morgan fingerprint density at radius 3 is 2.23 bits per heavy atom. The van der Waals surface area contributed by atoms with Crippen molar-refractivity contribution >= 4 is 27.3 Å². The monoisotopic (exact) mass is 442 g/mol. The number of alkyl halides is 3. The molecule has 2 aromatic carbocycles. The van der Waals surface area contributed by atoms with Gasteiger partial charge >= 0.3 is 6.18 Å². The number of carbonyl (C=O) groups excluding carboxylic acids is 1. The van der Waals surface area contributed by atoms with Crippen molar-refractivity contribution < 1.29 is 26.4 Å². The van der Waals surface area contributed by atoms with Crippen LogP contribution in [0.25, 0.3) is 0 Å². The smallest absolute Gasteiger partial charge is 0.326 e. The lowest BCUT2D eigenvalue weighted by Crippen LogP contribution is -2.23. The van der Waals surface area contributed by atoms with Crippen LogP contribution in [0.4, 0.5) is 24.5 Å². The lowest BCUT2D eigenvalue weighted by atomic mass is 9.99. The van der Waals surface area contributed by atoms with E-state index in [0.29, 0.717) is 28.9 Å². The summed E-state index contributed by atoms with van der Waals surface area (Å²) in [7, 11) is -3.47. The molecule has 30 heavy (non-hydrogen) atoms. The summed E-state index contributed by atoms with van der Waals surface area (Å²) in [6.45, 7) is 5.14. The molecule has 0 aromatic heterocycles. The highest BCUT2D eigenvalue weighted by Gasteiger charge is 2.30. The second-order valence-corrected chi connectivity index (χ2v) is 9.03. The molecule has 2 rings (SSSR count). The minimum Gasteiger partial charge on any atom is -0.326 e. The maximum atomic E-state index is 12.7. The van der Waals surface area contributed by atoms with Crippen LogP contribution in [-0.2, 0) is 27.4 Å². The van der Waals surface area contributed by atoms with E-state index >= 15 is 0 Å². The van der Waals surface area contributed by atoms with Crippen LogP contribution in [0.3, 0.4) is 0 Å². The van der Waals surface area contributed by atoms with Crippen LogP contribution >= 0.6 is 0 Å². The predicted molar refractivity (Wildman–Crippen MR) is 112 cm³/mol. The van der Waals surface area contributed by atoms with Crippen LogP contribution in [-0.4, -0.2) is 20.1 Å². The zero-order chi connectivity index (χ0) is 22.5. The molecule has 0 heterocycles. The number of sulfonamides is 1. The summed E-state index contributed by atoms with van der Waals surface area (Å²) in [6.07, 6.45) is -3.65. The minimum absolute atomic E-state index is 0.00676. The fourth-order valence-electron chi connectivity index (χ4n) is 2.90. The first-order valence-electron chi connectivity index (χ1n) is 9.50. The van der Waals surface area contributed by atoms with Gasteiger partial charge in [0.2, 0.25) is 15.9 Å². The average molecular weight is 443 g/mol. The Bertz CT molecular complexity index is 988. The molecule has 0 saturated heterocycles. The highest BCUT2D eigenvalue weighted by Crippen LogP contribution is 2.29. The summed E-state index contributed by atoms with van der Waals surface area (Å²) in [6, 6.07) is 9.63. The van der Waals surface area contributed by atoms with Crippen LogP contribution in [0, 0.1) is 12.8 Å². The van der Waals surface area contributed by atoms with Crippen molar-refractivity contribution in [3.8, 4) is 0 Å². The molecule has 1 atom stereocenters. The topological polar surface area (TPSA) is 75.3 Å². The Morgan fingerprint density at radius 1 is 1.07 bits per heavy atom. The number of rotatable bonds is 8. The first-order chi connectivity index (χ1) is 13.9. The standard InChI is InChI=1S/C21H25F3N2O3S/c1-4-12-30(28,29)26-19-7-5-6-18(15(19)3)25-20(27)14(2)13-16-8-10-17(11-9-16)21(22,23)24/h5-11,14,26H,4,12-13H2,1-3H3,(H,25,27). The van der Waals surface area contributed by atoms with Crippen LogP contribution < -0.4 is 10.0 Å². The fourth-order valence-corrected chi connectivity index (χ4v) is 4.10. The molecule has 0 fully saturated rings. The summed E-state index contributed by atoms with van der Waals surface area (Å²) in [5.74, 6) is -0.819. The molecule has 1 unspecified atom stereocenters. The van der Waals surface area contributed by atoms with Crippen molar-refractivity contribution in [1.29, 1.82) is 0 Å². The highest BCUT2D eigenvalue weighted by molar-refractivity contribution is 7.92. The molecule has 2 aromatic rings. The van der Waals surface area contributed by atoms with E-state index in [-0.39, 0.29) is 18.1 Å². The number of carbonyl (C=O) groups is 1. The van der Waals surface area contributed by atoms with Gasteiger partial charge in [0.1, 0.15) is 0 Å². The maximum Gasteiger partial charge on any atom is 0.416 e. The Hall–Kier alpha value is -2.55. The van der Waals surface area contributed by atoms with Crippen LogP contribution in [0.1, 0.15) is 37.0 Å². The van der Waals surface area contributed by atoms with E-state index in [9.17, 15) is 26.4 Å². The van der Waals surface area contributed by atoms with E-state index in [1.807, 2.05) is 0 Å². The minimum atomic E-state index is -4.40. The van der Waals surface area contributed by atoms with Gasteiger partial charge in [0.15, 0.2) is 0 Å². The van der Waals surface area contributed by atoms with E-state index < -0.39 is 27.7 Å². The number of amides is 1. The number of hydrogen-bond acceptors (Lipinski definition) is 3. The first kappa shape index (κ1) is 23.7. The molecule has 2 N–H and O–H groups in total. The lowest BCUT2D eigenvalue weighted by Gasteiger charge is -2.17. The summed E-state index contributed by atoms with van der Waals surface area (Å²) < 4.78 is 64.5. The summed E-state index contributed by atoms with van der Waals surface area (Å²) in [5.41, 5.74) is 1.31. The third-order valence-electron chi connectivity index (χ3n) is 4.60. The van der Waals surface area contributed by atoms with Gasteiger partial charge in [0, 0.05) is 11.6 Å². The zero-order valence-electron chi connectivity index (χ0n) is 17.0. The van der Waals surface area contributed by atoms with E-state index in [1.165, 1.54) is 12.1 Å². The summed E-state index contributed by atoms with van der Waals surface area (Å²) in [4.78, 5) is 12.6. The molecule has 0 bridgehead atoms. The van der Waals surface area contributed by atoms with Crippen molar-refractivity contribution in [3.63, 3.8) is 0 Å². The Morgan fingerprint density at radius 2 is 1.67 bits per heavy atom. The van der Waals surface area contributed by atoms with Gasteiger partial charge in [-0.2, -0.15) is 13.2 Å². The van der Waals surface area contributed by atoms with Crippen molar-refractivity contribution in [3.05, 3.63) is 59.2 Å². The van der Waals surface area contributed by atoms with Gasteiger partial charge in [-0.3, -0.25) is 9.52 Å². The largest absolute Gasteiger partial charge is 0.416 e. The lowest BCUT2D eigenvalue weighted by molar-refractivity contribution is -0.137. The van der Waals surface area contributed by atoms with Crippen LogP contribution in [0.2, 0.25) is 0 Å². The highest BCUT2D eigenvalue weighted by atomic mass is 32.2. The number of hydrogen-bond donors (Lipinski definition) is 2. The van der Waals surface area contributed by atoms with Crippen molar-refractivity contribution in [2.24, 2.45) is 5.92 Å². The van der Waals surface area contributed by atoms with E-state index in [2.05, 4.69) is 10.0 Å². The molecule has 1 amide bonds. The van der Waals surface area contributed by atoms with Crippen LogP contribution in [0.5, 0.6) is 0 Å². The van der Waals surface area contributed by atoms with Gasteiger partial charge < -0.3 is 5.32 Å². The molecule has 164 valence electrons. The second-order valence-electron chi connectivity index (χ2n) is 7.19. The van der Waals surface area contributed by atoms with Crippen molar-refractivity contribution in [2.75, 3.05) is 15.8 Å². The number of halogens is 3. The molecule has 0 spiro atoms. The Balaban J connectivity index is 2.07. The van der Waals surface area contributed by atoms with Crippen LogP contribution in [0.15, 0.2) is 42.5 Å². The molecule has 0 aliphatic rings. The third kappa shape index (κ3) is 6.48. The average Bonchev–Trinajstić information content (AvgIpc) is 2.64. The van der Waals surface area contributed by atoms with Crippen molar-refractivity contribution in [1.82, 2.24) is 0 Å². The molecule has 0 radical (unpaired) electrons. The van der Waals surface area contributed by atoms with Gasteiger partial charge in [-0.1, -0.05) is 32.0 Å². The van der Waals surface area contributed by atoms with E-state index in [0.717, 1.165) is 12.1 Å². The van der Waals surface area contributed by atoms with E-state index in [4.69, 9.17) is 0 Å².